The van der Waals surface area contributed by atoms with E-state index in [2.05, 4.69) is 9.97 Å². The largest absolute Gasteiger partial charge is 0.383 e. The first-order chi connectivity index (χ1) is 9.00. The maximum atomic E-state index is 11.3. The molecule has 0 radical (unpaired) electrons. The maximum absolute atomic E-state index is 11.3. The van der Waals surface area contributed by atoms with Gasteiger partial charge in [0.15, 0.2) is 5.82 Å². The zero-order valence-electron chi connectivity index (χ0n) is 11.1. The zero-order chi connectivity index (χ0) is 14.0. The SMILES string of the molecule is COC1(c2nc(C)c(C(N)=O)c(N)n2)CCOCC1. The van der Waals surface area contributed by atoms with Gasteiger partial charge in [0.2, 0.25) is 0 Å². The molecule has 7 heteroatoms. The Bertz CT molecular complexity index is 475. The van der Waals surface area contributed by atoms with E-state index < -0.39 is 11.5 Å². The van der Waals surface area contributed by atoms with Gasteiger partial charge in [-0.2, -0.15) is 0 Å². The van der Waals surface area contributed by atoms with Crippen molar-refractivity contribution in [2.45, 2.75) is 25.4 Å². The van der Waals surface area contributed by atoms with Crippen LogP contribution in [0.4, 0.5) is 5.82 Å². The first kappa shape index (κ1) is 13.7. The van der Waals surface area contributed by atoms with Crippen LogP contribution in [0.5, 0.6) is 0 Å². The van der Waals surface area contributed by atoms with Crippen LogP contribution >= 0.6 is 0 Å². The molecule has 1 amide bonds. The second-order valence-electron chi connectivity index (χ2n) is 4.57. The van der Waals surface area contributed by atoms with Gasteiger partial charge in [0.05, 0.1) is 5.69 Å². The lowest BCUT2D eigenvalue weighted by atomic mass is 9.92. The highest BCUT2D eigenvalue weighted by Crippen LogP contribution is 2.34. The van der Waals surface area contributed by atoms with E-state index in [0.29, 0.717) is 37.6 Å². The van der Waals surface area contributed by atoms with Crippen LogP contribution in [0, 0.1) is 6.92 Å². The second-order valence-corrected chi connectivity index (χ2v) is 4.57. The molecule has 0 aromatic carbocycles. The topological polar surface area (TPSA) is 113 Å². The summed E-state index contributed by atoms with van der Waals surface area (Å²) in [5.74, 6) is -0.0452. The number of carbonyl (C=O) groups is 1. The minimum atomic E-state index is -0.625. The number of methoxy groups -OCH3 is 1. The number of nitrogens with two attached hydrogens (primary N) is 2. The third kappa shape index (κ3) is 2.39. The summed E-state index contributed by atoms with van der Waals surface area (Å²) in [7, 11) is 1.61. The number of ether oxygens (including phenoxy) is 2. The Kier molecular flexibility index (Phi) is 3.68. The predicted molar refractivity (Wildman–Crippen MR) is 68.4 cm³/mol. The van der Waals surface area contributed by atoms with Crippen LogP contribution in [0.2, 0.25) is 0 Å². The van der Waals surface area contributed by atoms with Gasteiger partial charge in [-0.15, -0.1) is 0 Å². The Hall–Kier alpha value is -1.73. The van der Waals surface area contributed by atoms with E-state index in [-0.39, 0.29) is 11.4 Å². The van der Waals surface area contributed by atoms with E-state index in [4.69, 9.17) is 20.9 Å². The van der Waals surface area contributed by atoms with Gasteiger partial charge in [0.1, 0.15) is 17.0 Å². The van der Waals surface area contributed by atoms with Crippen molar-refractivity contribution in [2.24, 2.45) is 5.73 Å². The number of nitrogen functional groups attached to an aromatic ring is 1. The van der Waals surface area contributed by atoms with Crippen molar-refractivity contribution in [3.05, 3.63) is 17.1 Å². The van der Waals surface area contributed by atoms with E-state index in [0.717, 1.165) is 0 Å². The van der Waals surface area contributed by atoms with Gasteiger partial charge in [0, 0.05) is 33.2 Å². The smallest absolute Gasteiger partial charge is 0.254 e. The normalized spacial score (nSPS) is 18.2. The van der Waals surface area contributed by atoms with Crippen LogP contribution in [-0.4, -0.2) is 36.2 Å². The molecule has 7 nitrogen and oxygen atoms in total. The molecule has 4 N–H and O–H groups in total. The molecule has 2 heterocycles. The molecule has 2 rings (SSSR count). The van der Waals surface area contributed by atoms with E-state index in [1.54, 1.807) is 14.0 Å². The molecular formula is C12H18N4O3. The average molecular weight is 266 g/mol. The van der Waals surface area contributed by atoms with Crippen LogP contribution in [0.25, 0.3) is 0 Å². The summed E-state index contributed by atoms with van der Waals surface area (Å²) in [4.78, 5) is 19.8. The summed E-state index contributed by atoms with van der Waals surface area (Å²) in [5.41, 5.74) is 11.1. The third-order valence-electron chi connectivity index (χ3n) is 3.46. The molecule has 1 aromatic rings. The number of nitrogens with zero attached hydrogens (tertiary/aromatic N) is 2. The molecule has 0 atom stereocenters. The molecule has 19 heavy (non-hydrogen) atoms. The van der Waals surface area contributed by atoms with Gasteiger partial charge in [-0.1, -0.05) is 0 Å². The van der Waals surface area contributed by atoms with Crippen molar-refractivity contribution in [1.29, 1.82) is 0 Å². The number of carbonyl (C=O) groups excluding carboxylic acids is 1. The number of primary amides is 1. The Morgan fingerprint density at radius 1 is 1.37 bits per heavy atom. The highest BCUT2D eigenvalue weighted by molar-refractivity contribution is 5.98. The Morgan fingerprint density at radius 3 is 2.47 bits per heavy atom. The van der Waals surface area contributed by atoms with Crippen LogP contribution in [0.15, 0.2) is 0 Å². The Labute approximate surface area is 111 Å². The van der Waals surface area contributed by atoms with E-state index in [1.165, 1.54) is 0 Å². The third-order valence-corrected chi connectivity index (χ3v) is 3.46. The summed E-state index contributed by atoms with van der Waals surface area (Å²) >= 11 is 0. The molecule has 0 saturated carbocycles. The fourth-order valence-electron chi connectivity index (χ4n) is 2.32. The molecule has 1 aliphatic heterocycles. The standard InChI is InChI=1S/C12H18N4O3/c1-7-8(10(14)17)9(13)16-11(15-7)12(18-2)3-5-19-6-4-12/h3-6H2,1-2H3,(H2,14,17)(H2,13,15,16). The molecule has 1 aromatic heterocycles. The lowest BCUT2D eigenvalue weighted by Crippen LogP contribution is -2.38. The summed E-state index contributed by atoms with van der Waals surface area (Å²) in [5, 5.41) is 0. The molecule has 1 aliphatic rings. The van der Waals surface area contributed by atoms with Crippen molar-refractivity contribution in [3.63, 3.8) is 0 Å². The molecule has 0 bridgehead atoms. The number of hydrogen-bond donors (Lipinski definition) is 2. The lowest BCUT2D eigenvalue weighted by Gasteiger charge is -2.34. The molecule has 1 fully saturated rings. The van der Waals surface area contributed by atoms with Gasteiger partial charge in [0.25, 0.3) is 5.91 Å². The summed E-state index contributed by atoms with van der Waals surface area (Å²) in [6.45, 7) is 2.84. The zero-order valence-corrected chi connectivity index (χ0v) is 11.1. The highest BCUT2D eigenvalue weighted by atomic mass is 16.5. The minimum Gasteiger partial charge on any atom is -0.383 e. The lowest BCUT2D eigenvalue weighted by molar-refractivity contribution is -0.1000. The van der Waals surface area contributed by atoms with Crippen LogP contribution in [-0.2, 0) is 15.1 Å². The number of amides is 1. The number of rotatable bonds is 3. The molecule has 1 saturated heterocycles. The van der Waals surface area contributed by atoms with Crippen LogP contribution in [0.3, 0.4) is 0 Å². The highest BCUT2D eigenvalue weighted by Gasteiger charge is 2.38. The molecular weight excluding hydrogens is 248 g/mol. The molecule has 0 aliphatic carbocycles. The van der Waals surface area contributed by atoms with E-state index >= 15 is 0 Å². The fourth-order valence-corrected chi connectivity index (χ4v) is 2.32. The number of hydrogen-bond acceptors (Lipinski definition) is 6. The monoisotopic (exact) mass is 266 g/mol. The van der Waals surface area contributed by atoms with E-state index in [9.17, 15) is 4.79 Å². The second kappa shape index (κ2) is 5.10. The number of aryl methyl sites for hydroxylation is 1. The summed E-state index contributed by atoms with van der Waals surface area (Å²) < 4.78 is 10.9. The van der Waals surface area contributed by atoms with Crippen LogP contribution in [0.1, 0.15) is 34.7 Å². The van der Waals surface area contributed by atoms with Gasteiger partial charge < -0.3 is 20.9 Å². The van der Waals surface area contributed by atoms with Crippen molar-refractivity contribution < 1.29 is 14.3 Å². The molecule has 0 spiro atoms. The average Bonchev–Trinajstić information content (AvgIpc) is 2.38. The van der Waals surface area contributed by atoms with Gasteiger partial charge >= 0.3 is 0 Å². The van der Waals surface area contributed by atoms with Gasteiger partial charge in [-0.05, 0) is 6.92 Å². The van der Waals surface area contributed by atoms with Gasteiger partial charge in [-0.25, -0.2) is 9.97 Å². The fraction of sp³-hybridized carbons (Fsp3) is 0.583. The molecule has 104 valence electrons. The van der Waals surface area contributed by atoms with Crippen LogP contribution < -0.4 is 11.5 Å². The quantitative estimate of drug-likeness (QED) is 0.803. The van der Waals surface area contributed by atoms with E-state index in [1.807, 2.05) is 0 Å². The first-order valence-electron chi connectivity index (χ1n) is 6.07. The van der Waals surface area contributed by atoms with Crippen molar-refractivity contribution in [1.82, 2.24) is 9.97 Å². The number of anilines is 1. The predicted octanol–water partition coefficient (Wildman–Crippen LogP) is 0.118. The van der Waals surface area contributed by atoms with Crippen molar-refractivity contribution in [3.8, 4) is 0 Å². The Balaban J connectivity index is 2.48. The summed E-state index contributed by atoms with van der Waals surface area (Å²) in [6.07, 6.45) is 1.30. The van der Waals surface area contributed by atoms with Gasteiger partial charge in [-0.3, -0.25) is 4.79 Å². The summed E-state index contributed by atoms with van der Waals surface area (Å²) in [6, 6.07) is 0. The Morgan fingerprint density at radius 2 is 2.00 bits per heavy atom. The maximum Gasteiger partial charge on any atom is 0.254 e. The molecule has 0 unspecified atom stereocenters. The van der Waals surface area contributed by atoms with Crippen molar-refractivity contribution >= 4 is 11.7 Å². The minimum absolute atomic E-state index is 0.0953. The number of aromatic nitrogens is 2. The van der Waals surface area contributed by atoms with Crippen molar-refractivity contribution in [2.75, 3.05) is 26.1 Å². The first-order valence-corrected chi connectivity index (χ1v) is 6.07.